The summed E-state index contributed by atoms with van der Waals surface area (Å²) in [6, 6.07) is 0. The molecule has 2 N–H and O–H groups in total. The van der Waals surface area contributed by atoms with Crippen LogP contribution in [0.4, 0.5) is 0 Å². The van der Waals surface area contributed by atoms with Gasteiger partial charge in [-0.2, -0.15) is 0 Å². The largest absolute Gasteiger partial charge is 0.481 e. The number of aliphatic hydroxyl groups excluding tert-OH is 1. The van der Waals surface area contributed by atoms with Crippen LogP contribution in [-0.2, 0) is 45.6 Å². The fraction of sp³-hybridized carbons (Fsp3) is 0.700. The van der Waals surface area contributed by atoms with E-state index >= 15 is 0 Å². The van der Waals surface area contributed by atoms with Gasteiger partial charge in [-0.15, -0.1) is 0 Å². The molecule has 0 aromatic carbocycles. The number of ether oxygens (including phenoxy) is 2. The molecule has 0 amide bonds. The fourth-order valence-corrected chi connectivity index (χ4v) is 0.724. The Morgan fingerprint density at radius 1 is 1.11 bits per heavy atom. The molecule has 104 valence electrons. The van der Waals surface area contributed by atoms with E-state index in [0.29, 0.717) is 6.42 Å². The van der Waals surface area contributed by atoms with Crippen molar-refractivity contribution in [2.45, 2.75) is 39.9 Å². The maximum absolute atomic E-state index is 10.3. The molecule has 0 radical (unpaired) electrons. The molecule has 0 spiro atoms. The van der Waals surface area contributed by atoms with Crippen LogP contribution in [-0.4, -0.2) is 41.0 Å². The Morgan fingerprint density at radius 2 is 1.56 bits per heavy atom. The molecule has 0 saturated heterocycles. The third kappa shape index (κ3) is 29.4. The first kappa shape index (κ1) is 22.3. The monoisotopic (exact) mass is 298 g/mol. The number of esters is 2. The number of carboxylic acids is 1. The van der Waals surface area contributed by atoms with Gasteiger partial charge in [0, 0.05) is 48.9 Å². The van der Waals surface area contributed by atoms with Crippen molar-refractivity contribution < 1.29 is 55.8 Å². The smallest absolute Gasteiger partial charge is 0.304 e. The number of carboxylic acid groups (broad SMARTS) is 1. The maximum atomic E-state index is 10.3. The second-order valence-corrected chi connectivity index (χ2v) is 3.07. The van der Waals surface area contributed by atoms with E-state index in [2.05, 4.69) is 9.47 Å². The van der Waals surface area contributed by atoms with E-state index in [4.69, 9.17) is 15.0 Å². The Labute approximate surface area is 120 Å². The van der Waals surface area contributed by atoms with E-state index < -0.39 is 18.2 Å². The average molecular weight is 298 g/mol. The number of rotatable bonds is 5. The summed E-state index contributed by atoms with van der Waals surface area (Å²) in [4.78, 5) is 29.6. The van der Waals surface area contributed by atoms with Crippen LogP contribution in [0, 0.1) is 0 Å². The van der Waals surface area contributed by atoms with E-state index in [0.717, 1.165) is 6.92 Å². The number of aliphatic carboxylic acids is 1. The molecule has 8 heteroatoms. The van der Waals surface area contributed by atoms with Crippen LogP contribution in [0.15, 0.2) is 0 Å². The predicted octanol–water partition coefficient (Wildman–Crippen LogP) is 0.300. The van der Waals surface area contributed by atoms with Crippen molar-refractivity contribution in [1.82, 2.24) is 0 Å². The number of aliphatic hydroxyl groups is 1. The average Bonchev–Trinajstić information content (AvgIpc) is 2.10. The van der Waals surface area contributed by atoms with Gasteiger partial charge in [-0.1, -0.05) is 0 Å². The predicted molar refractivity (Wildman–Crippen MR) is 56.9 cm³/mol. The van der Waals surface area contributed by atoms with Gasteiger partial charge in [-0.25, -0.2) is 0 Å². The molecular weight excluding hydrogens is 280 g/mol. The van der Waals surface area contributed by atoms with Gasteiger partial charge in [0.15, 0.2) is 0 Å². The Bertz CT molecular complexity index is 251. The van der Waals surface area contributed by atoms with E-state index in [1.807, 2.05) is 0 Å². The molecule has 0 aliphatic carbocycles. The van der Waals surface area contributed by atoms with Crippen molar-refractivity contribution >= 4 is 17.9 Å². The van der Waals surface area contributed by atoms with Crippen LogP contribution in [0.25, 0.3) is 0 Å². The maximum Gasteiger partial charge on any atom is 0.304 e. The second-order valence-electron chi connectivity index (χ2n) is 3.07. The molecule has 0 aromatic heterocycles. The Hall–Kier alpha value is -0.916. The minimum atomic E-state index is -1.10. The van der Waals surface area contributed by atoms with E-state index in [-0.39, 0.29) is 40.7 Å². The van der Waals surface area contributed by atoms with E-state index in [9.17, 15) is 9.59 Å². The molecule has 0 rings (SSSR count). The molecule has 0 heterocycles. The van der Waals surface area contributed by atoms with Crippen molar-refractivity contribution in [2.24, 2.45) is 0 Å². The number of hydrogen-bond acceptors (Lipinski definition) is 6. The van der Waals surface area contributed by atoms with Crippen LogP contribution in [0.5, 0.6) is 0 Å². The zero-order chi connectivity index (χ0) is 13.8. The molecule has 0 aliphatic rings. The molecular formula is C10H18O7Ti. The molecule has 0 bridgehead atoms. The van der Waals surface area contributed by atoms with Crippen LogP contribution in [0.1, 0.15) is 33.6 Å². The van der Waals surface area contributed by atoms with Gasteiger partial charge in [0.2, 0.25) is 6.29 Å². The van der Waals surface area contributed by atoms with Crippen molar-refractivity contribution in [3.63, 3.8) is 0 Å². The van der Waals surface area contributed by atoms with Gasteiger partial charge in [0.05, 0.1) is 6.61 Å². The molecule has 0 fully saturated rings. The Kier molecular flexibility index (Phi) is 17.5. The van der Waals surface area contributed by atoms with Crippen molar-refractivity contribution in [3.8, 4) is 0 Å². The Morgan fingerprint density at radius 3 is 1.89 bits per heavy atom. The van der Waals surface area contributed by atoms with E-state index in [1.54, 1.807) is 0 Å². The zero-order valence-electron chi connectivity index (χ0n) is 10.6. The minimum Gasteiger partial charge on any atom is -0.481 e. The first-order chi connectivity index (χ1) is 7.75. The normalized spacial score (nSPS) is 10.0. The summed E-state index contributed by atoms with van der Waals surface area (Å²) in [6.45, 7) is 3.84. The quantitative estimate of drug-likeness (QED) is 0.325. The summed E-state index contributed by atoms with van der Waals surface area (Å²) >= 11 is 0. The fourth-order valence-electron chi connectivity index (χ4n) is 0.724. The minimum absolute atomic E-state index is 0. The van der Waals surface area contributed by atoms with Crippen molar-refractivity contribution in [2.75, 3.05) is 6.61 Å². The summed E-state index contributed by atoms with van der Waals surface area (Å²) in [7, 11) is 0. The summed E-state index contributed by atoms with van der Waals surface area (Å²) < 4.78 is 9.04. The second kappa shape index (κ2) is 14.1. The third-order valence-corrected chi connectivity index (χ3v) is 1.20. The third-order valence-electron chi connectivity index (χ3n) is 1.20. The number of hydrogen-bond donors (Lipinski definition) is 2. The van der Waals surface area contributed by atoms with Crippen molar-refractivity contribution in [1.29, 1.82) is 0 Å². The van der Waals surface area contributed by atoms with Gasteiger partial charge < -0.3 is 19.7 Å². The Balaban J connectivity index is -0.000000392. The van der Waals surface area contributed by atoms with Crippen LogP contribution in [0.3, 0.4) is 0 Å². The van der Waals surface area contributed by atoms with Gasteiger partial charge >= 0.3 is 11.9 Å². The van der Waals surface area contributed by atoms with Crippen molar-refractivity contribution in [3.05, 3.63) is 0 Å². The molecule has 1 unspecified atom stereocenters. The number of carbonyl (C=O) groups is 3. The summed E-state index contributed by atoms with van der Waals surface area (Å²) in [6.07, 6.45) is -0.367. The first-order valence-electron chi connectivity index (χ1n) is 4.94. The zero-order valence-corrected chi connectivity index (χ0v) is 12.2. The van der Waals surface area contributed by atoms with Crippen LogP contribution in [0.2, 0.25) is 0 Å². The van der Waals surface area contributed by atoms with Crippen LogP contribution >= 0.6 is 0 Å². The van der Waals surface area contributed by atoms with Gasteiger partial charge in [-0.05, 0) is 6.42 Å². The molecule has 0 saturated carbocycles. The molecule has 7 nitrogen and oxygen atoms in total. The van der Waals surface area contributed by atoms with E-state index in [1.165, 1.54) is 13.8 Å². The summed E-state index contributed by atoms with van der Waals surface area (Å²) in [5.74, 6) is -1.72. The molecule has 18 heavy (non-hydrogen) atoms. The summed E-state index contributed by atoms with van der Waals surface area (Å²) in [5.41, 5.74) is 0. The van der Waals surface area contributed by atoms with Crippen LogP contribution < -0.4 is 0 Å². The molecule has 0 aliphatic heterocycles. The standard InChI is InChI=1S/C8H14O5.C2H4O2.Ti/c1-6(9)12-5-3-4-8(11)13-7(2)10;1-2(3)4;/h8,11H,3-5H2,1-2H3;1H3,(H,3,4);. The molecule has 1 atom stereocenters. The van der Waals surface area contributed by atoms with Gasteiger partial charge in [0.25, 0.3) is 5.97 Å². The topological polar surface area (TPSA) is 110 Å². The first-order valence-corrected chi connectivity index (χ1v) is 4.94. The van der Waals surface area contributed by atoms with Gasteiger partial charge in [-0.3, -0.25) is 14.4 Å². The molecule has 0 aromatic rings. The van der Waals surface area contributed by atoms with Gasteiger partial charge in [0.1, 0.15) is 0 Å². The number of carbonyl (C=O) groups excluding carboxylic acids is 2. The summed E-state index contributed by atoms with van der Waals surface area (Å²) in [5, 5.41) is 16.4. The SMILES string of the molecule is CC(=O)O.CC(=O)OCCCC(O)OC(C)=O.[Ti].